The van der Waals surface area contributed by atoms with Crippen LogP contribution in [0.5, 0.6) is 5.75 Å². The number of amides is 1. The molecule has 0 saturated carbocycles. The molecule has 0 radical (unpaired) electrons. The van der Waals surface area contributed by atoms with Crippen LogP contribution >= 0.6 is 22.6 Å². The molecule has 1 amide bonds. The zero-order valence-corrected chi connectivity index (χ0v) is 13.3. The fourth-order valence-electron chi connectivity index (χ4n) is 1.90. The van der Waals surface area contributed by atoms with Crippen LogP contribution in [0.4, 0.5) is 0 Å². The Hall–Kier alpha value is -1.56. The zero-order chi connectivity index (χ0) is 14.5. The molecule has 2 aromatic carbocycles. The van der Waals surface area contributed by atoms with Gasteiger partial charge in [0, 0.05) is 12.1 Å². The maximum Gasteiger partial charge on any atom is 0.251 e. The van der Waals surface area contributed by atoms with Crippen molar-refractivity contribution in [3.63, 3.8) is 0 Å². The van der Waals surface area contributed by atoms with E-state index in [9.17, 15) is 9.90 Å². The van der Waals surface area contributed by atoms with Crippen molar-refractivity contribution in [3.05, 3.63) is 63.2 Å². The SMILES string of the molecule is CC(CNC(=O)c1ccc(I)c(O)c1)c1ccccc1. The van der Waals surface area contributed by atoms with Crippen molar-refractivity contribution in [1.82, 2.24) is 5.32 Å². The van der Waals surface area contributed by atoms with Gasteiger partial charge in [-0.05, 0) is 52.3 Å². The van der Waals surface area contributed by atoms with Crippen molar-refractivity contribution >= 4 is 28.5 Å². The van der Waals surface area contributed by atoms with Gasteiger partial charge in [-0.1, -0.05) is 37.3 Å². The van der Waals surface area contributed by atoms with Gasteiger partial charge in [-0.3, -0.25) is 4.79 Å². The molecule has 0 aliphatic heterocycles. The molecule has 3 nitrogen and oxygen atoms in total. The van der Waals surface area contributed by atoms with E-state index in [0.717, 1.165) is 3.57 Å². The van der Waals surface area contributed by atoms with Crippen molar-refractivity contribution in [2.24, 2.45) is 0 Å². The largest absolute Gasteiger partial charge is 0.507 e. The number of aromatic hydroxyl groups is 1. The Morgan fingerprint density at radius 2 is 1.95 bits per heavy atom. The maximum atomic E-state index is 12.0. The third kappa shape index (κ3) is 3.72. The summed E-state index contributed by atoms with van der Waals surface area (Å²) in [6, 6.07) is 15.0. The van der Waals surface area contributed by atoms with Crippen molar-refractivity contribution < 1.29 is 9.90 Å². The summed E-state index contributed by atoms with van der Waals surface area (Å²) in [5.74, 6) is 0.214. The van der Waals surface area contributed by atoms with Crippen molar-refractivity contribution in [2.45, 2.75) is 12.8 Å². The Balaban J connectivity index is 1.97. The molecule has 0 aliphatic rings. The van der Waals surface area contributed by atoms with Crippen LogP contribution in [0.1, 0.15) is 28.8 Å². The van der Waals surface area contributed by atoms with Gasteiger partial charge in [0.15, 0.2) is 0 Å². The van der Waals surface area contributed by atoms with Gasteiger partial charge in [-0.25, -0.2) is 0 Å². The van der Waals surface area contributed by atoms with Crippen molar-refractivity contribution in [2.75, 3.05) is 6.54 Å². The van der Waals surface area contributed by atoms with E-state index in [4.69, 9.17) is 0 Å². The van der Waals surface area contributed by atoms with Gasteiger partial charge >= 0.3 is 0 Å². The number of phenols is 1. The van der Waals surface area contributed by atoms with Crippen molar-refractivity contribution in [3.8, 4) is 5.75 Å². The summed E-state index contributed by atoms with van der Waals surface area (Å²) in [7, 11) is 0. The normalized spacial score (nSPS) is 11.9. The smallest absolute Gasteiger partial charge is 0.251 e. The lowest BCUT2D eigenvalue weighted by Gasteiger charge is -2.13. The number of rotatable bonds is 4. The number of carbonyl (C=O) groups is 1. The molecule has 0 aromatic heterocycles. The highest BCUT2D eigenvalue weighted by molar-refractivity contribution is 14.1. The fraction of sp³-hybridized carbons (Fsp3) is 0.188. The van der Waals surface area contributed by atoms with Crippen LogP contribution in [0.25, 0.3) is 0 Å². The van der Waals surface area contributed by atoms with Gasteiger partial charge in [0.25, 0.3) is 5.91 Å². The minimum Gasteiger partial charge on any atom is -0.507 e. The van der Waals surface area contributed by atoms with Crippen LogP contribution in [0.2, 0.25) is 0 Å². The molecule has 0 spiro atoms. The highest BCUT2D eigenvalue weighted by atomic mass is 127. The van der Waals surface area contributed by atoms with Crippen LogP contribution in [0.3, 0.4) is 0 Å². The standard InChI is InChI=1S/C16H16INO2/c1-11(12-5-3-2-4-6-12)10-18-16(20)13-7-8-14(17)15(19)9-13/h2-9,11,19H,10H2,1H3,(H,18,20). The van der Waals surface area contributed by atoms with Crippen molar-refractivity contribution in [1.29, 1.82) is 0 Å². The number of hydrogen-bond donors (Lipinski definition) is 2. The minimum absolute atomic E-state index is 0.134. The van der Waals surface area contributed by atoms with E-state index in [-0.39, 0.29) is 17.6 Å². The molecule has 2 rings (SSSR count). The molecule has 2 aromatic rings. The summed E-state index contributed by atoms with van der Waals surface area (Å²) in [4.78, 5) is 12.0. The lowest BCUT2D eigenvalue weighted by Crippen LogP contribution is -2.27. The third-order valence-corrected chi connectivity index (χ3v) is 4.06. The molecule has 1 atom stereocenters. The monoisotopic (exact) mass is 381 g/mol. The van der Waals surface area contributed by atoms with Crippen LogP contribution in [0.15, 0.2) is 48.5 Å². The summed E-state index contributed by atoms with van der Waals surface area (Å²) >= 11 is 2.02. The number of phenolic OH excluding ortho intramolecular Hbond substituents is 1. The highest BCUT2D eigenvalue weighted by Crippen LogP contribution is 2.20. The van der Waals surface area contributed by atoms with Gasteiger partial charge in [0.1, 0.15) is 5.75 Å². The number of benzene rings is 2. The third-order valence-electron chi connectivity index (χ3n) is 3.15. The van der Waals surface area contributed by atoms with Gasteiger partial charge in [-0.15, -0.1) is 0 Å². The summed E-state index contributed by atoms with van der Waals surface area (Å²) in [6.45, 7) is 2.64. The van der Waals surface area contributed by atoms with E-state index in [1.54, 1.807) is 12.1 Å². The average molecular weight is 381 g/mol. The second-order valence-corrected chi connectivity index (χ2v) is 5.85. The molecule has 0 heterocycles. The lowest BCUT2D eigenvalue weighted by atomic mass is 10.0. The lowest BCUT2D eigenvalue weighted by molar-refractivity contribution is 0.0951. The Kier molecular flexibility index (Phi) is 5.00. The quantitative estimate of drug-likeness (QED) is 0.797. The molecule has 4 heteroatoms. The summed E-state index contributed by atoms with van der Waals surface area (Å²) in [5, 5.41) is 12.5. The Morgan fingerprint density at radius 3 is 2.60 bits per heavy atom. The van der Waals surface area contributed by atoms with E-state index in [1.165, 1.54) is 11.6 Å². The molecule has 1 unspecified atom stereocenters. The second kappa shape index (κ2) is 6.74. The van der Waals surface area contributed by atoms with Crippen LogP contribution in [-0.4, -0.2) is 17.6 Å². The van der Waals surface area contributed by atoms with Gasteiger partial charge < -0.3 is 10.4 Å². The topological polar surface area (TPSA) is 49.3 Å². The number of halogens is 1. The summed E-state index contributed by atoms with van der Waals surface area (Å²) in [6.07, 6.45) is 0. The summed E-state index contributed by atoms with van der Waals surface area (Å²) in [5.41, 5.74) is 1.67. The molecule has 0 fully saturated rings. The van der Waals surface area contributed by atoms with E-state index < -0.39 is 0 Å². The Bertz CT molecular complexity index is 599. The first-order valence-electron chi connectivity index (χ1n) is 6.39. The molecule has 104 valence electrons. The number of nitrogens with one attached hydrogen (secondary N) is 1. The fourth-order valence-corrected chi connectivity index (χ4v) is 2.24. The second-order valence-electron chi connectivity index (χ2n) is 4.69. The number of hydrogen-bond acceptors (Lipinski definition) is 2. The van der Waals surface area contributed by atoms with E-state index in [1.807, 2.05) is 52.9 Å². The van der Waals surface area contributed by atoms with Crippen LogP contribution in [0, 0.1) is 3.57 Å². The van der Waals surface area contributed by atoms with Crippen LogP contribution in [-0.2, 0) is 0 Å². The molecule has 0 bridgehead atoms. The van der Waals surface area contributed by atoms with Gasteiger partial charge in [0.2, 0.25) is 0 Å². The maximum absolute atomic E-state index is 12.0. The highest BCUT2D eigenvalue weighted by Gasteiger charge is 2.10. The van der Waals surface area contributed by atoms with Gasteiger partial charge in [0.05, 0.1) is 3.57 Å². The Labute approximate surface area is 132 Å². The molecule has 2 N–H and O–H groups in total. The first kappa shape index (κ1) is 14.8. The van der Waals surface area contributed by atoms with E-state index >= 15 is 0 Å². The zero-order valence-electron chi connectivity index (χ0n) is 11.1. The molecular weight excluding hydrogens is 365 g/mol. The minimum atomic E-state index is -0.167. The molecular formula is C16H16INO2. The number of carbonyl (C=O) groups excluding carboxylic acids is 1. The summed E-state index contributed by atoms with van der Waals surface area (Å²) < 4.78 is 0.733. The van der Waals surface area contributed by atoms with E-state index in [2.05, 4.69) is 12.2 Å². The van der Waals surface area contributed by atoms with Gasteiger partial charge in [-0.2, -0.15) is 0 Å². The predicted octanol–water partition coefficient (Wildman–Crippen LogP) is 3.53. The average Bonchev–Trinajstić information content (AvgIpc) is 2.48. The molecule has 0 aliphatic carbocycles. The predicted molar refractivity (Wildman–Crippen MR) is 88.0 cm³/mol. The Morgan fingerprint density at radius 1 is 1.25 bits per heavy atom. The molecule has 20 heavy (non-hydrogen) atoms. The first-order chi connectivity index (χ1) is 9.58. The van der Waals surface area contributed by atoms with Crippen LogP contribution < -0.4 is 5.32 Å². The van der Waals surface area contributed by atoms with E-state index in [0.29, 0.717) is 12.1 Å². The molecule has 0 saturated heterocycles. The first-order valence-corrected chi connectivity index (χ1v) is 7.47.